The van der Waals surface area contributed by atoms with E-state index in [1.165, 1.54) is 14.2 Å². The van der Waals surface area contributed by atoms with Gasteiger partial charge in [0.05, 0.1) is 39.5 Å². The van der Waals surface area contributed by atoms with E-state index in [1.54, 1.807) is 39.0 Å². The van der Waals surface area contributed by atoms with Gasteiger partial charge in [0.25, 0.3) is 0 Å². The van der Waals surface area contributed by atoms with Gasteiger partial charge >= 0.3 is 11.9 Å². The Balaban J connectivity index is 2.28. The summed E-state index contributed by atoms with van der Waals surface area (Å²) in [7, 11) is 3.00. The number of hydrogen-bond donors (Lipinski definition) is 1. The van der Waals surface area contributed by atoms with E-state index in [9.17, 15) is 14.4 Å². The Kier molecular flexibility index (Phi) is 8.23. The minimum atomic E-state index is -0.567. The van der Waals surface area contributed by atoms with Crippen molar-refractivity contribution < 1.29 is 33.3 Å². The fourth-order valence-corrected chi connectivity index (χ4v) is 3.84. The van der Waals surface area contributed by atoms with Crippen LogP contribution in [0.2, 0.25) is 0 Å². The van der Waals surface area contributed by atoms with E-state index in [0.717, 1.165) is 11.3 Å². The summed E-state index contributed by atoms with van der Waals surface area (Å²) < 4.78 is 20.6. The van der Waals surface area contributed by atoms with Gasteiger partial charge in [0.2, 0.25) is 0 Å². The zero-order chi connectivity index (χ0) is 22.3. The molecule has 0 aliphatic rings. The van der Waals surface area contributed by atoms with Gasteiger partial charge in [-0.1, -0.05) is 0 Å². The van der Waals surface area contributed by atoms with Gasteiger partial charge in [0.15, 0.2) is 17.3 Å². The van der Waals surface area contributed by atoms with Crippen molar-refractivity contribution in [1.29, 1.82) is 0 Å². The highest BCUT2D eigenvalue weighted by molar-refractivity contribution is 7.18. The lowest BCUT2D eigenvalue weighted by atomic mass is 10.1. The summed E-state index contributed by atoms with van der Waals surface area (Å²) in [5.74, 6) is -0.367. The maximum atomic E-state index is 12.7. The molecule has 2 rings (SSSR count). The molecule has 0 aliphatic heterocycles. The number of ether oxygens (including phenoxy) is 4. The quantitative estimate of drug-likeness (QED) is 0.445. The van der Waals surface area contributed by atoms with Crippen molar-refractivity contribution in [3.05, 3.63) is 39.8 Å². The molecule has 162 valence electrons. The number of nitrogens with one attached hydrogen (secondary N) is 1. The van der Waals surface area contributed by atoms with Crippen molar-refractivity contribution in [2.24, 2.45) is 0 Å². The van der Waals surface area contributed by atoms with Crippen molar-refractivity contribution in [2.75, 3.05) is 39.3 Å². The molecular formula is C21H25NO7S. The van der Waals surface area contributed by atoms with E-state index < -0.39 is 11.9 Å². The van der Waals surface area contributed by atoms with Gasteiger partial charge in [-0.05, 0) is 44.5 Å². The molecule has 0 bridgehead atoms. The maximum Gasteiger partial charge on any atom is 0.348 e. The van der Waals surface area contributed by atoms with Crippen LogP contribution in [0.25, 0.3) is 0 Å². The summed E-state index contributed by atoms with van der Waals surface area (Å²) in [4.78, 5) is 37.6. The molecule has 0 fully saturated rings. The third kappa shape index (κ3) is 5.10. The third-order valence-corrected chi connectivity index (χ3v) is 5.43. The third-order valence-electron chi connectivity index (χ3n) is 4.20. The van der Waals surface area contributed by atoms with E-state index in [1.807, 2.05) is 0 Å². The predicted molar refractivity (Wildman–Crippen MR) is 113 cm³/mol. The zero-order valence-electron chi connectivity index (χ0n) is 17.6. The van der Waals surface area contributed by atoms with Gasteiger partial charge in [-0.3, -0.25) is 4.79 Å². The molecule has 1 aromatic carbocycles. The molecule has 1 N–H and O–H groups in total. The van der Waals surface area contributed by atoms with Gasteiger partial charge in [-0.25, -0.2) is 9.59 Å². The monoisotopic (exact) mass is 435 g/mol. The molecule has 30 heavy (non-hydrogen) atoms. The normalized spacial score (nSPS) is 10.3. The molecule has 9 heteroatoms. The maximum absolute atomic E-state index is 12.7. The highest BCUT2D eigenvalue weighted by atomic mass is 32.1. The van der Waals surface area contributed by atoms with Gasteiger partial charge < -0.3 is 24.3 Å². The van der Waals surface area contributed by atoms with Gasteiger partial charge in [0, 0.05) is 5.56 Å². The second-order valence-electron chi connectivity index (χ2n) is 6.05. The number of hydrogen-bond acceptors (Lipinski definition) is 9. The Labute approximate surface area is 179 Å². The Morgan fingerprint density at radius 3 is 2.20 bits per heavy atom. The lowest BCUT2D eigenvalue weighted by molar-refractivity contribution is 0.0527. The molecule has 0 saturated carbocycles. The Hall–Kier alpha value is -3.07. The van der Waals surface area contributed by atoms with Crippen LogP contribution < -0.4 is 14.8 Å². The molecule has 0 amide bonds. The molecular weight excluding hydrogens is 410 g/mol. The second kappa shape index (κ2) is 10.6. The van der Waals surface area contributed by atoms with Crippen LogP contribution in [-0.4, -0.2) is 51.7 Å². The fraction of sp³-hybridized carbons (Fsp3) is 0.381. The zero-order valence-corrected chi connectivity index (χ0v) is 18.4. The minimum absolute atomic E-state index is 0.0931. The minimum Gasteiger partial charge on any atom is -0.493 e. The number of Topliss-reactive ketones (excluding diaryl/α,β-unsaturated/α-hetero) is 1. The molecule has 8 nitrogen and oxygen atoms in total. The summed E-state index contributed by atoms with van der Waals surface area (Å²) in [6, 6.07) is 4.85. The first kappa shape index (κ1) is 23.2. The molecule has 0 unspecified atom stereocenters. The molecule has 0 aliphatic carbocycles. The summed E-state index contributed by atoms with van der Waals surface area (Å²) >= 11 is 1.06. The van der Waals surface area contributed by atoms with Crippen molar-refractivity contribution in [2.45, 2.75) is 20.8 Å². The number of methoxy groups -OCH3 is 2. The second-order valence-corrected chi connectivity index (χ2v) is 7.07. The SMILES string of the molecule is CCOC(=O)c1sc(NCC(=O)c2ccc(OC)c(OC)c2)c(C(=O)OCC)c1C. The van der Waals surface area contributed by atoms with Crippen molar-refractivity contribution >= 4 is 34.1 Å². The highest BCUT2D eigenvalue weighted by Gasteiger charge is 2.26. The summed E-state index contributed by atoms with van der Waals surface area (Å²) in [5, 5.41) is 3.34. The highest BCUT2D eigenvalue weighted by Crippen LogP contribution is 2.34. The summed E-state index contributed by atoms with van der Waals surface area (Å²) in [5.41, 5.74) is 1.10. The largest absolute Gasteiger partial charge is 0.493 e. The van der Waals surface area contributed by atoms with Gasteiger partial charge in [0.1, 0.15) is 9.88 Å². The molecule has 2 aromatic rings. The van der Waals surface area contributed by atoms with Crippen LogP contribution in [0.3, 0.4) is 0 Å². The van der Waals surface area contributed by atoms with Crippen molar-refractivity contribution in [1.82, 2.24) is 0 Å². The Morgan fingerprint density at radius 2 is 1.60 bits per heavy atom. The smallest absolute Gasteiger partial charge is 0.348 e. The van der Waals surface area contributed by atoms with Crippen LogP contribution in [-0.2, 0) is 9.47 Å². The molecule has 1 aromatic heterocycles. The average Bonchev–Trinajstić information content (AvgIpc) is 3.08. The van der Waals surface area contributed by atoms with Crippen molar-refractivity contribution in [3.63, 3.8) is 0 Å². The molecule has 0 radical (unpaired) electrons. The summed E-state index contributed by atoms with van der Waals surface area (Å²) in [6.07, 6.45) is 0. The Morgan fingerprint density at radius 1 is 0.967 bits per heavy atom. The van der Waals surface area contributed by atoms with Crippen LogP contribution in [0.1, 0.15) is 49.8 Å². The van der Waals surface area contributed by atoms with E-state index in [4.69, 9.17) is 18.9 Å². The first-order chi connectivity index (χ1) is 14.4. The van der Waals surface area contributed by atoms with Crippen LogP contribution >= 0.6 is 11.3 Å². The number of rotatable bonds is 10. The van der Waals surface area contributed by atoms with Gasteiger partial charge in [-0.2, -0.15) is 0 Å². The molecule has 1 heterocycles. The van der Waals surface area contributed by atoms with E-state index in [-0.39, 0.29) is 31.1 Å². The number of benzene rings is 1. The van der Waals surface area contributed by atoms with E-state index >= 15 is 0 Å². The van der Waals surface area contributed by atoms with Crippen LogP contribution in [0, 0.1) is 6.92 Å². The topological polar surface area (TPSA) is 100 Å². The van der Waals surface area contributed by atoms with Gasteiger partial charge in [-0.15, -0.1) is 11.3 Å². The fourth-order valence-electron chi connectivity index (χ4n) is 2.75. The van der Waals surface area contributed by atoms with Crippen LogP contribution in [0.5, 0.6) is 11.5 Å². The number of anilines is 1. The molecule has 0 spiro atoms. The number of carbonyl (C=O) groups excluding carboxylic acids is 3. The molecule has 0 atom stereocenters. The predicted octanol–water partition coefficient (Wildman–Crippen LogP) is 3.72. The van der Waals surface area contributed by atoms with E-state index in [0.29, 0.717) is 32.5 Å². The standard InChI is InChI=1S/C21H25NO7S/c1-6-28-20(24)17-12(3)18(21(25)29-7-2)30-19(17)22-11-14(23)13-8-9-15(26-4)16(10-13)27-5/h8-10,22H,6-7,11H2,1-5H3. The average molecular weight is 435 g/mol. The van der Waals surface area contributed by atoms with E-state index in [2.05, 4.69) is 5.32 Å². The summed E-state index contributed by atoms with van der Waals surface area (Å²) in [6.45, 7) is 5.35. The van der Waals surface area contributed by atoms with Crippen LogP contribution in [0.15, 0.2) is 18.2 Å². The Bertz CT molecular complexity index is 936. The van der Waals surface area contributed by atoms with Crippen LogP contribution in [0.4, 0.5) is 5.00 Å². The first-order valence-corrected chi connectivity index (χ1v) is 10.2. The number of carbonyl (C=O) groups is 3. The number of ketones is 1. The molecule has 0 saturated heterocycles. The lowest BCUT2D eigenvalue weighted by Gasteiger charge is -2.10. The number of thiophene rings is 1. The number of esters is 2. The van der Waals surface area contributed by atoms with Crippen molar-refractivity contribution in [3.8, 4) is 11.5 Å². The first-order valence-electron chi connectivity index (χ1n) is 9.34. The lowest BCUT2D eigenvalue weighted by Crippen LogP contribution is -2.16.